The van der Waals surface area contributed by atoms with Crippen LogP contribution in [0, 0.1) is 12.3 Å². The van der Waals surface area contributed by atoms with Crippen LogP contribution in [0.15, 0.2) is 0 Å². The first-order valence-corrected chi connectivity index (χ1v) is 3.53. The summed E-state index contributed by atoms with van der Waals surface area (Å²) in [6.07, 6.45) is 5.08. The van der Waals surface area contributed by atoms with Crippen molar-refractivity contribution in [3.05, 3.63) is 0 Å². The molecule has 3 nitrogen and oxygen atoms in total. The van der Waals surface area contributed by atoms with Crippen molar-refractivity contribution >= 4 is 11.3 Å². The third-order valence-corrected chi connectivity index (χ3v) is 2.26. The van der Waals surface area contributed by atoms with Gasteiger partial charge in [0.2, 0.25) is 11.3 Å². The van der Waals surface area contributed by atoms with Crippen LogP contribution in [-0.4, -0.2) is 28.2 Å². The lowest BCUT2D eigenvalue weighted by Crippen LogP contribution is -2.24. The first kappa shape index (κ1) is 6.75. The van der Waals surface area contributed by atoms with Crippen LogP contribution in [0.5, 0.6) is 0 Å². The van der Waals surface area contributed by atoms with Gasteiger partial charge in [-0.05, 0) is 0 Å². The highest BCUT2D eigenvalue weighted by molar-refractivity contribution is 7.77. The van der Waals surface area contributed by atoms with E-state index in [0.29, 0.717) is 6.61 Å². The zero-order valence-corrected chi connectivity index (χ0v) is 5.85. The van der Waals surface area contributed by atoms with Crippen molar-refractivity contribution in [1.82, 2.24) is 4.31 Å². The van der Waals surface area contributed by atoms with Crippen LogP contribution >= 0.6 is 0 Å². The maximum absolute atomic E-state index is 10.7. The summed E-state index contributed by atoms with van der Waals surface area (Å²) in [4.78, 5) is 0. The van der Waals surface area contributed by atoms with Crippen LogP contribution in [0.2, 0.25) is 0 Å². The molecule has 0 aromatic rings. The minimum atomic E-state index is -1.31. The molecule has 0 N–H and O–H groups in total. The fourth-order valence-corrected chi connectivity index (χ4v) is 1.31. The normalized spacial score (nSPS) is 36.4. The molecule has 1 heterocycles. The minimum absolute atomic E-state index is 0.120. The second-order valence-corrected chi connectivity index (χ2v) is 2.98. The quantitative estimate of drug-likeness (QED) is 0.431. The van der Waals surface area contributed by atoms with Gasteiger partial charge in [0.1, 0.15) is 6.04 Å². The Labute approximate surface area is 56.8 Å². The van der Waals surface area contributed by atoms with E-state index < -0.39 is 11.3 Å². The Morgan fingerprint density at radius 3 is 2.89 bits per heavy atom. The first-order valence-electron chi connectivity index (χ1n) is 2.50. The second-order valence-electron chi connectivity index (χ2n) is 1.73. The van der Waals surface area contributed by atoms with Gasteiger partial charge in [0, 0.05) is 7.05 Å². The monoisotopic (exact) mass is 145 g/mol. The van der Waals surface area contributed by atoms with E-state index in [9.17, 15) is 4.21 Å². The summed E-state index contributed by atoms with van der Waals surface area (Å²) in [5.41, 5.74) is 0. The summed E-state index contributed by atoms with van der Waals surface area (Å²) in [5.74, 6) is 2.45. The predicted octanol–water partition coefficient (Wildman–Crippen LogP) is -0.471. The Bertz CT molecular complexity index is 174. The highest BCUT2D eigenvalue weighted by Gasteiger charge is 2.26. The van der Waals surface area contributed by atoms with Gasteiger partial charge in [-0.1, -0.05) is 5.92 Å². The van der Waals surface area contributed by atoms with Crippen molar-refractivity contribution < 1.29 is 8.39 Å². The van der Waals surface area contributed by atoms with E-state index in [1.54, 1.807) is 7.05 Å². The molecule has 0 aromatic heterocycles. The van der Waals surface area contributed by atoms with Crippen molar-refractivity contribution in [2.45, 2.75) is 6.04 Å². The lowest BCUT2D eigenvalue weighted by atomic mass is 10.3. The maximum Gasteiger partial charge on any atom is 0.238 e. The zero-order valence-electron chi connectivity index (χ0n) is 5.03. The molecule has 0 bridgehead atoms. The molecule has 9 heavy (non-hydrogen) atoms. The molecule has 0 spiro atoms. The molecule has 1 aliphatic heterocycles. The molecule has 1 saturated heterocycles. The van der Waals surface area contributed by atoms with Gasteiger partial charge in [-0.2, -0.15) is 4.31 Å². The van der Waals surface area contributed by atoms with Crippen LogP contribution in [0.3, 0.4) is 0 Å². The highest BCUT2D eigenvalue weighted by Crippen LogP contribution is 2.09. The van der Waals surface area contributed by atoms with E-state index in [1.165, 1.54) is 4.31 Å². The van der Waals surface area contributed by atoms with Crippen molar-refractivity contribution in [1.29, 1.82) is 0 Å². The Morgan fingerprint density at radius 1 is 2.00 bits per heavy atom. The van der Waals surface area contributed by atoms with Crippen molar-refractivity contribution in [2.75, 3.05) is 13.7 Å². The third kappa shape index (κ3) is 1.13. The van der Waals surface area contributed by atoms with Crippen LogP contribution in [0.1, 0.15) is 0 Å². The predicted molar refractivity (Wildman–Crippen MR) is 34.5 cm³/mol. The van der Waals surface area contributed by atoms with Gasteiger partial charge in [-0.25, -0.2) is 4.21 Å². The van der Waals surface area contributed by atoms with E-state index in [1.807, 2.05) is 0 Å². The van der Waals surface area contributed by atoms with Crippen molar-refractivity contribution in [3.8, 4) is 12.3 Å². The summed E-state index contributed by atoms with van der Waals surface area (Å²) < 4.78 is 16.9. The van der Waals surface area contributed by atoms with Crippen LogP contribution in [0.25, 0.3) is 0 Å². The van der Waals surface area contributed by atoms with Gasteiger partial charge in [0.05, 0.1) is 6.61 Å². The fraction of sp³-hybridized carbons (Fsp3) is 0.600. The fourth-order valence-electron chi connectivity index (χ4n) is 0.568. The Hall–Kier alpha value is -0.370. The lowest BCUT2D eigenvalue weighted by Gasteiger charge is -2.05. The number of hydrogen-bond acceptors (Lipinski definition) is 2. The molecule has 1 fully saturated rings. The molecule has 2 atom stereocenters. The molecule has 50 valence electrons. The lowest BCUT2D eigenvalue weighted by molar-refractivity contribution is 0.365. The smallest absolute Gasteiger partial charge is 0.238 e. The summed E-state index contributed by atoms with van der Waals surface area (Å²) >= 11 is -1.31. The minimum Gasteiger partial charge on any atom is -0.275 e. The molecular weight excluding hydrogens is 138 g/mol. The van der Waals surface area contributed by atoms with Gasteiger partial charge in [0.25, 0.3) is 0 Å². The van der Waals surface area contributed by atoms with E-state index in [4.69, 9.17) is 10.6 Å². The molecule has 0 saturated carbocycles. The summed E-state index contributed by atoms with van der Waals surface area (Å²) in [6.45, 7) is 0.375. The molecule has 0 amide bonds. The van der Waals surface area contributed by atoms with Crippen molar-refractivity contribution in [3.63, 3.8) is 0 Å². The second kappa shape index (κ2) is 2.48. The maximum atomic E-state index is 10.7. The molecule has 0 aromatic carbocycles. The van der Waals surface area contributed by atoms with Crippen LogP contribution in [0.4, 0.5) is 0 Å². The highest BCUT2D eigenvalue weighted by atomic mass is 32.2. The molecule has 4 heteroatoms. The number of likely N-dealkylation sites (N-methyl/N-ethyl adjacent to an activating group) is 1. The standard InChI is InChI=1S/C5H7NO2S/c1-3-5-4-8-9(7)6(5)2/h1,5H,4H2,2H3. The molecule has 1 aliphatic rings. The molecule has 1 rings (SSSR count). The van der Waals surface area contributed by atoms with Gasteiger partial charge in [0.15, 0.2) is 0 Å². The van der Waals surface area contributed by atoms with E-state index in [0.717, 1.165) is 0 Å². The Kier molecular flexibility index (Phi) is 1.86. The molecule has 0 aliphatic carbocycles. The van der Waals surface area contributed by atoms with Gasteiger partial charge in [-0.3, -0.25) is 4.18 Å². The number of rotatable bonds is 0. The summed E-state index contributed by atoms with van der Waals surface area (Å²) in [5, 5.41) is 0. The Morgan fingerprint density at radius 2 is 2.67 bits per heavy atom. The zero-order chi connectivity index (χ0) is 6.85. The molecule has 0 radical (unpaired) electrons. The van der Waals surface area contributed by atoms with E-state index >= 15 is 0 Å². The van der Waals surface area contributed by atoms with Crippen molar-refractivity contribution in [2.24, 2.45) is 0 Å². The summed E-state index contributed by atoms with van der Waals surface area (Å²) in [7, 11) is 1.67. The Balaban J connectivity index is 2.64. The van der Waals surface area contributed by atoms with Crippen LogP contribution < -0.4 is 0 Å². The van der Waals surface area contributed by atoms with E-state index in [2.05, 4.69) is 5.92 Å². The van der Waals surface area contributed by atoms with Crippen LogP contribution in [-0.2, 0) is 15.4 Å². The molecule has 2 unspecified atom stereocenters. The largest absolute Gasteiger partial charge is 0.275 e. The van der Waals surface area contributed by atoms with Gasteiger partial charge < -0.3 is 0 Å². The third-order valence-electron chi connectivity index (χ3n) is 1.19. The average molecular weight is 145 g/mol. The number of hydrogen-bond donors (Lipinski definition) is 0. The average Bonchev–Trinajstić information content (AvgIpc) is 2.15. The first-order chi connectivity index (χ1) is 4.25. The van der Waals surface area contributed by atoms with E-state index in [-0.39, 0.29) is 6.04 Å². The number of terminal acetylenes is 1. The van der Waals surface area contributed by atoms with Gasteiger partial charge >= 0.3 is 0 Å². The SMILES string of the molecule is C#CC1COS(=O)N1C. The summed E-state index contributed by atoms with van der Waals surface area (Å²) in [6, 6.07) is -0.120. The number of nitrogens with zero attached hydrogens (tertiary/aromatic N) is 1. The van der Waals surface area contributed by atoms with Gasteiger partial charge in [-0.15, -0.1) is 6.42 Å². The molecular formula is C5H7NO2S. The topological polar surface area (TPSA) is 29.5 Å².